The first kappa shape index (κ1) is 16.3. The SMILES string of the molecule is Nc1ncnc2cc(C(=O)N3CCCC3CN3CCCCC3)ccc12. The number of hydrogen-bond acceptors (Lipinski definition) is 5. The number of piperidine rings is 1. The first-order chi connectivity index (χ1) is 12.2. The van der Waals surface area contributed by atoms with E-state index in [0.29, 0.717) is 17.4 Å². The van der Waals surface area contributed by atoms with Gasteiger partial charge in [-0.3, -0.25) is 4.79 Å². The quantitative estimate of drug-likeness (QED) is 0.929. The molecule has 2 N–H and O–H groups in total. The lowest BCUT2D eigenvalue weighted by Crippen LogP contribution is -2.44. The summed E-state index contributed by atoms with van der Waals surface area (Å²) in [5.74, 6) is 0.562. The molecule has 6 nitrogen and oxygen atoms in total. The molecule has 4 rings (SSSR count). The van der Waals surface area contributed by atoms with Crippen molar-refractivity contribution in [2.45, 2.75) is 38.1 Å². The van der Waals surface area contributed by atoms with Crippen molar-refractivity contribution in [3.63, 3.8) is 0 Å². The van der Waals surface area contributed by atoms with E-state index in [-0.39, 0.29) is 5.91 Å². The molecule has 2 aromatic rings. The Morgan fingerprint density at radius 2 is 1.96 bits per heavy atom. The molecular formula is C19H25N5O. The molecule has 1 amide bonds. The first-order valence-corrected chi connectivity index (χ1v) is 9.26. The predicted octanol–water partition coefficient (Wildman–Crippen LogP) is 2.30. The van der Waals surface area contributed by atoms with Gasteiger partial charge in [0.1, 0.15) is 12.1 Å². The minimum atomic E-state index is 0.110. The summed E-state index contributed by atoms with van der Waals surface area (Å²) in [6, 6.07) is 5.87. The maximum absolute atomic E-state index is 13.1. The number of amides is 1. The van der Waals surface area contributed by atoms with E-state index < -0.39 is 0 Å². The summed E-state index contributed by atoms with van der Waals surface area (Å²) in [5.41, 5.74) is 7.30. The number of hydrogen-bond donors (Lipinski definition) is 1. The molecule has 2 aliphatic rings. The van der Waals surface area contributed by atoms with Crippen LogP contribution in [-0.2, 0) is 0 Å². The smallest absolute Gasteiger partial charge is 0.254 e. The van der Waals surface area contributed by atoms with Gasteiger partial charge in [-0.1, -0.05) is 6.42 Å². The largest absolute Gasteiger partial charge is 0.383 e. The fourth-order valence-electron chi connectivity index (χ4n) is 4.11. The highest BCUT2D eigenvalue weighted by Gasteiger charge is 2.31. The molecule has 132 valence electrons. The molecule has 0 saturated carbocycles. The molecule has 1 aromatic heterocycles. The van der Waals surface area contributed by atoms with Gasteiger partial charge in [0.2, 0.25) is 0 Å². The highest BCUT2D eigenvalue weighted by Crippen LogP contribution is 2.24. The number of aromatic nitrogens is 2. The molecule has 2 saturated heterocycles. The summed E-state index contributed by atoms with van der Waals surface area (Å²) in [7, 11) is 0. The van der Waals surface area contributed by atoms with Crippen LogP contribution in [0.1, 0.15) is 42.5 Å². The fourth-order valence-corrected chi connectivity index (χ4v) is 4.11. The van der Waals surface area contributed by atoms with Crippen molar-refractivity contribution in [3.8, 4) is 0 Å². The molecule has 25 heavy (non-hydrogen) atoms. The van der Waals surface area contributed by atoms with Gasteiger partial charge in [-0.05, 0) is 57.0 Å². The second kappa shape index (κ2) is 6.96. The molecule has 0 bridgehead atoms. The monoisotopic (exact) mass is 339 g/mol. The molecule has 2 aliphatic heterocycles. The molecule has 0 spiro atoms. The van der Waals surface area contributed by atoms with Crippen LogP contribution in [0.3, 0.4) is 0 Å². The second-order valence-corrected chi connectivity index (χ2v) is 7.15. The second-order valence-electron chi connectivity index (χ2n) is 7.15. The van der Waals surface area contributed by atoms with Crippen molar-refractivity contribution in [1.82, 2.24) is 19.8 Å². The number of likely N-dealkylation sites (tertiary alicyclic amines) is 2. The number of nitrogens with zero attached hydrogens (tertiary/aromatic N) is 4. The molecule has 6 heteroatoms. The van der Waals surface area contributed by atoms with Gasteiger partial charge in [-0.25, -0.2) is 9.97 Å². The van der Waals surface area contributed by atoms with E-state index in [1.807, 2.05) is 18.2 Å². The van der Waals surface area contributed by atoms with E-state index in [2.05, 4.69) is 19.8 Å². The Balaban J connectivity index is 1.52. The van der Waals surface area contributed by atoms with Crippen LogP contribution in [0.25, 0.3) is 10.9 Å². The zero-order chi connectivity index (χ0) is 17.2. The summed E-state index contributed by atoms with van der Waals surface area (Å²) in [5, 5.41) is 0.797. The molecule has 0 radical (unpaired) electrons. The standard InChI is InChI=1S/C19H25N5O/c20-18-16-7-6-14(11-17(16)21-13-22-18)19(25)24-10-4-5-15(24)12-23-8-2-1-3-9-23/h6-7,11,13,15H,1-5,8-10,12H2,(H2,20,21,22). The lowest BCUT2D eigenvalue weighted by Gasteiger charge is -2.33. The summed E-state index contributed by atoms with van der Waals surface area (Å²) in [6.07, 6.45) is 7.55. The van der Waals surface area contributed by atoms with Crippen molar-refractivity contribution in [1.29, 1.82) is 0 Å². The average Bonchev–Trinajstić information content (AvgIpc) is 3.10. The van der Waals surface area contributed by atoms with E-state index in [4.69, 9.17) is 5.73 Å². The minimum absolute atomic E-state index is 0.110. The van der Waals surface area contributed by atoms with Crippen LogP contribution in [0.4, 0.5) is 5.82 Å². The van der Waals surface area contributed by atoms with Gasteiger partial charge in [0, 0.05) is 30.1 Å². The molecule has 1 aromatic carbocycles. The van der Waals surface area contributed by atoms with Gasteiger partial charge in [-0.2, -0.15) is 0 Å². The highest BCUT2D eigenvalue weighted by molar-refractivity contribution is 5.99. The Labute approximate surface area is 148 Å². The first-order valence-electron chi connectivity index (χ1n) is 9.26. The fraction of sp³-hybridized carbons (Fsp3) is 0.526. The average molecular weight is 339 g/mol. The van der Waals surface area contributed by atoms with Crippen molar-refractivity contribution < 1.29 is 4.79 Å². The van der Waals surface area contributed by atoms with Crippen LogP contribution in [0.2, 0.25) is 0 Å². The topological polar surface area (TPSA) is 75.3 Å². The maximum atomic E-state index is 13.1. The van der Waals surface area contributed by atoms with Crippen molar-refractivity contribution in [3.05, 3.63) is 30.1 Å². The van der Waals surface area contributed by atoms with Crippen LogP contribution < -0.4 is 5.73 Å². The lowest BCUT2D eigenvalue weighted by molar-refractivity contribution is 0.0690. The molecule has 0 aliphatic carbocycles. The van der Waals surface area contributed by atoms with Crippen LogP contribution in [0, 0.1) is 0 Å². The summed E-state index contributed by atoms with van der Waals surface area (Å²) >= 11 is 0. The highest BCUT2D eigenvalue weighted by atomic mass is 16.2. The van der Waals surface area contributed by atoms with Crippen LogP contribution in [0.15, 0.2) is 24.5 Å². The van der Waals surface area contributed by atoms with E-state index >= 15 is 0 Å². The Morgan fingerprint density at radius 3 is 2.80 bits per heavy atom. The van der Waals surface area contributed by atoms with Gasteiger partial charge in [0.15, 0.2) is 0 Å². The Morgan fingerprint density at radius 1 is 1.12 bits per heavy atom. The van der Waals surface area contributed by atoms with E-state index in [9.17, 15) is 4.79 Å². The van der Waals surface area contributed by atoms with Crippen LogP contribution in [0.5, 0.6) is 0 Å². The van der Waals surface area contributed by atoms with Gasteiger partial charge in [-0.15, -0.1) is 0 Å². The zero-order valence-electron chi connectivity index (χ0n) is 14.5. The van der Waals surface area contributed by atoms with Gasteiger partial charge >= 0.3 is 0 Å². The minimum Gasteiger partial charge on any atom is -0.383 e. The van der Waals surface area contributed by atoms with E-state index in [1.54, 1.807) is 0 Å². The summed E-state index contributed by atoms with van der Waals surface area (Å²) in [4.78, 5) is 25.9. The number of fused-ring (bicyclic) bond motifs is 1. The van der Waals surface area contributed by atoms with Gasteiger partial charge in [0.05, 0.1) is 5.52 Å². The Hall–Kier alpha value is -2.21. The van der Waals surface area contributed by atoms with Crippen molar-refractivity contribution >= 4 is 22.6 Å². The van der Waals surface area contributed by atoms with Crippen molar-refractivity contribution in [2.75, 3.05) is 31.9 Å². The predicted molar refractivity (Wildman–Crippen MR) is 98.3 cm³/mol. The summed E-state index contributed by atoms with van der Waals surface area (Å²) in [6.45, 7) is 4.20. The molecular weight excluding hydrogens is 314 g/mol. The van der Waals surface area contributed by atoms with Gasteiger partial charge < -0.3 is 15.5 Å². The van der Waals surface area contributed by atoms with Crippen LogP contribution in [-0.4, -0.2) is 57.9 Å². The lowest BCUT2D eigenvalue weighted by atomic mass is 10.1. The third-order valence-electron chi connectivity index (χ3n) is 5.47. The molecule has 1 atom stereocenters. The number of nitrogen functional groups attached to an aromatic ring is 1. The Kier molecular flexibility index (Phi) is 4.53. The van der Waals surface area contributed by atoms with Crippen molar-refractivity contribution in [2.24, 2.45) is 0 Å². The summed E-state index contributed by atoms with van der Waals surface area (Å²) < 4.78 is 0. The number of nitrogens with two attached hydrogens (primary N) is 1. The zero-order valence-corrected chi connectivity index (χ0v) is 14.5. The molecule has 3 heterocycles. The van der Waals surface area contributed by atoms with Gasteiger partial charge in [0.25, 0.3) is 5.91 Å². The number of benzene rings is 1. The third-order valence-corrected chi connectivity index (χ3v) is 5.47. The number of rotatable bonds is 3. The Bertz CT molecular complexity index is 771. The van der Waals surface area contributed by atoms with E-state index in [0.717, 1.165) is 36.8 Å². The third kappa shape index (κ3) is 3.31. The molecule has 2 fully saturated rings. The van der Waals surface area contributed by atoms with Crippen LogP contribution >= 0.6 is 0 Å². The van der Waals surface area contributed by atoms with E-state index in [1.165, 1.54) is 38.7 Å². The maximum Gasteiger partial charge on any atom is 0.254 e. The normalized spacial score (nSPS) is 21.8. The number of anilines is 1. The number of carbonyl (C=O) groups is 1. The number of carbonyl (C=O) groups excluding carboxylic acids is 1. The molecule has 1 unspecified atom stereocenters.